The number of hydrogen-bond donors (Lipinski definition) is 1. The maximum Gasteiger partial charge on any atom is 0.219 e. The summed E-state index contributed by atoms with van der Waals surface area (Å²) in [6.07, 6.45) is 1.73. The average molecular weight is 260 g/mol. The molecular formula is C15H17FN2O. The third-order valence-corrected chi connectivity index (χ3v) is 2.75. The van der Waals surface area contributed by atoms with E-state index >= 15 is 0 Å². The molecule has 0 amide bonds. The second-order valence-electron chi connectivity index (χ2n) is 4.27. The average Bonchev–Trinajstić information content (AvgIpc) is 2.43. The van der Waals surface area contributed by atoms with Crippen LogP contribution in [0.25, 0.3) is 0 Å². The lowest BCUT2D eigenvalue weighted by molar-refractivity contribution is 0.425. The van der Waals surface area contributed by atoms with Crippen molar-refractivity contribution in [3.05, 3.63) is 53.5 Å². The lowest BCUT2D eigenvalue weighted by atomic mass is 10.2. The molecule has 1 N–H and O–H groups in total. The molecule has 1 heterocycles. The third kappa shape index (κ3) is 3.51. The maximum atomic E-state index is 13.8. The van der Waals surface area contributed by atoms with Crippen molar-refractivity contribution < 1.29 is 9.13 Å². The summed E-state index contributed by atoms with van der Waals surface area (Å²) in [5.74, 6) is 0.248. The van der Waals surface area contributed by atoms with Gasteiger partial charge in [-0.1, -0.05) is 25.1 Å². The van der Waals surface area contributed by atoms with Gasteiger partial charge in [-0.25, -0.2) is 9.37 Å². The molecule has 0 spiro atoms. The lowest BCUT2D eigenvalue weighted by Gasteiger charge is -2.08. The largest absolute Gasteiger partial charge is 0.436 e. The Hall–Kier alpha value is -1.94. The number of halogens is 1. The summed E-state index contributed by atoms with van der Waals surface area (Å²) >= 11 is 0. The number of benzene rings is 1. The van der Waals surface area contributed by atoms with Gasteiger partial charge in [0.2, 0.25) is 5.88 Å². The normalized spacial score (nSPS) is 10.5. The highest BCUT2D eigenvalue weighted by molar-refractivity contribution is 5.33. The van der Waals surface area contributed by atoms with E-state index in [1.165, 1.54) is 0 Å². The molecule has 0 unspecified atom stereocenters. The monoisotopic (exact) mass is 260 g/mol. The van der Waals surface area contributed by atoms with Crippen LogP contribution < -0.4 is 10.1 Å². The maximum absolute atomic E-state index is 13.8. The van der Waals surface area contributed by atoms with Crippen molar-refractivity contribution in [1.82, 2.24) is 10.3 Å². The van der Waals surface area contributed by atoms with Crippen molar-refractivity contribution in [1.29, 1.82) is 0 Å². The molecule has 19 heavy (non-hydrogen) atoms. The summed E-state index contributed by atoms with van der Waals surface area (Å²) in [5.41, 5.74) is 1.63. The number of aromatic nitrogens is 1. The highest BCUT2D eigenvalue weighted by Gasteiger charge is 2.07. The number of nitrogens with zero attached hydrogens (tertiary/aromatic N) is 1. The van der Waals surface area contributed by atoms with E-state index in [2.05, 4.69) is 10.3 Å². The zero-order valence-corrected chi connectivity index (χ0v) is 11.1. The molecular weight excluding hydrogens is 243 g/mol. The van der Waals surface area contributed by atoms with Crippen molar-refractivity contribution in [2.45, 2.75) is 20.4 Å². The molecule has 4 heteroatoms. The fourth-order valence-electron chi connectivity index (χ4n) is 1.66. The Kier molecular flexibility index (Phi) is 4.47. The first-order valence-electron chi connectivity index (χ1n) is 6.29. The third-order valence-electron chi connectivity index (χ3n) is 2.75. The van der Waals surface area contributed by atoms with Crippen LogP contribution in [0.4, 0.5) is 4.39 Å². The van der Waals surface area contributed by atoms with Crippen LogP contribution in [0.3, 0.4) is 0 Å². The molecule has 0 aliphatic carbocycles. The van der Waals surface area contributed by atoms with Crippen LogP contribution in [-0.2, 0) is 6.54 Å². The van der Waals surface area contributed by atoms with Crippen molar-refractivity contribution in [2.24, 2.45) is 0 Å². The highest BCUT2D eigenvalue weighted by Crippen LogP contribution is 2.24. The Morgan fingerprint density at radius 2 is 2.11 bits per heavy atom. The zero-order valence-electron chi connectivity index (χ0n) is 11.1. The van der Waals surface area contributed by atoms with Gasteiger partial charge in [-0.2, -0.15) is 0 Å². The Morgan fingerprint density at radius 3 is 2.79 bits per heavy atom. The number of pyridine rings is 1. The van der Waals surface area contributed by atoms with Crippen LogP contribution in [0, 0.1) is 12.7 Å². The first kappa shape index (κ1) is 13.5. The second-order valence-corrected chi connectivity index (χ2v) is 4.27. The summed E-state index contributed by atoms with van der Waals surface area (Å²) in [4.78, 5) is 4.17. The van der Waals surface area contributed by atoms with Crippen LogP contribution in [0.2, 0.25) is 0 Å². The highest BCUT2D eigenvalue weighted by atomic mass is 19.1. The predicted octanol–water partition coefficient (Wildman–Crippen LogP) is 3.43. The first-order chi connectivity index (χ1) is 9.20. The molecule has 2 aromatic rings. The van der Waals surface area contributed by atoms with Gasteiger partial charge in [0.25, 0.3) is 0 Å². The summed E-state index contributed by atoms with van der Waals surface area (Å²) in [6.45, 7) is 5.43. The van der Waals surface area contributed by atoms with Gasteiger partial charge in [-0.05, 0) is 30.7 Å². The van der Waals surface area contributed by atoms with Crippen LogP contribution in [-0.4, -0.2) is 11.5 Å². The molecule has 0 saturated heterocycles. The van der Waals surface area contributed by atoms with E-state index in [4.69, 9.17) is 4.74 Å². The zero-order chi connectivity index (χ0) is 13.7. The van der Waals surface area contributed by atoms with E-state index in [0.717, 1.165) is 18.7 Å². The Labute approximate surface area is 112 Å². The Morgan fingerprint density at radius 1 is 1.26 bits per heavy atom. The quantitative estimate of drug-likeness (QED) is 0.894. The van der Waals surface area contributed by atoms with Gasteiger partial charge < -0.3 is 10.1 Å². The molecule has 0 bridgehead atoms. The smallest absolute Gasteiger partial charge is 0.219 e. The van der Waals surface area contributed by atoms with Crippen LogP contribution in [0.1, 0.15) is 18.1 Å². The molecule has 0 aliphatic rings. The fourth-order valence-corrected chi connectivity index (χ4v) is 1.66. The summed E-state index contributed by atoms with van der Waals surface area (Å²) in [7, 11) is 0. The van der Waals surface area contributed by atoms with E-state index in [1.807, 2.05) is 13.0 Å². The van der Waals surface area contributed by atoms with E-state index in [1.54, 1.807) is 37.4 Å². The molecule has 2 rings (SSSR count). The van der Waals surface area contributed by atoms with Gasteiger partial charge in [0, 0.05) is 18.8 Å². The molecule has 100 valence electrons. The van der Waals surface area contributed by atoms with Gasteiger partial charge in [0.15, 0.2) is 11.6 Å². The molecule has 0 atom stereocenters. The standard InChI is InChI=1S/C15H17FN2O/c1-3-17-9-12-7-8-14(18-10-12)19-13-6-4-5-11(2)15(13)16/h4-8,10,17H,3,9H2,1-2H3. The lowest BCUT2D eigenvalue weighted by Crippen LogP contribution is -2.11. The second kappa shape index (κ2) is 6.29. The molecule has 0 aliphatic heterocycles. The van der Waals surface area contributed by atoms with Crippen molar-refractivity contribution in [3.63, 3.8) is 0 Å². The van der Waals surface area contributed by atoms with Gasteiger partial charge in [-0.3, -0.25) is 0 Å². The Balaban J connectivity index is 2.09. The van der Waals surface area contributed by atoms with Gasteiger partial charge >= 0.3 is 0 Å². The van der Waals surface area contributed by atoms with E-state index in [9.17, 15) is 4.39 Å². The first-order valence-corrected chi connectivity index (χ1v) is 6.29. The minimum atomic E-state index is -0.346. The van der Waals surface area contributed by atoms with E-state index in [-0.39, 0.29) is 11.6 Å². The number of ether oxygens (including phenoxy) is 1. The van der Waals surface area contributed by atoms with E-state index < -0.39 is 0 Å². The van der Waals surface area contributed by atoms with E-state index in [0.29, 0.717) is 11.4 Å². The number of nitrogens with one attached hydrogen (secondary N) is 1. The number of hydrogen-bond acceptors (Lipinski definition) is 3. The minimum Gasteiger partial charge on any atom is -0.436 e. The Bertz CT molecular complexity index is 540. The predicted molar refractivity (Wildman–Crippen MR) is 72.8 cm³/mol. The summed E-state index contributed by atoms with van der Waals surface area (Å²) in [5, 5.41) is 3.21. The van der Waals surface area contributed by atoms with Gasteiger partial charge in [0.05, 0.1) is 0 Å². The molecule has 1 aromatic carbocycles. The minimum absolute atomic E-state index is 0.201. The summed E-state index contributed by atoms with van der Waals surface area (Å²) < 4.78 is 19.2. The molecule has 0 radical (unpaired) electrons. The summed E-state index contributed by atoms with van der Waals surface area (Å²) in [6, 6.07) is 8.71. The number of aryl methyl sites for hydroxylation is 1. The van der Waals surface area contributed by atoms with Crippen LogP contribution in [0.15, 0.2) is 36.5 Å². The van der Waals surface area contributed by atoms with Crippen LogP contribution in [0.5, 0.6) is 11.6 Å². The van der Waals surface area contributed by atoms with Crippen molar-refractivity contribution >= 4 is 0 Å². The fraction of sp³-hybridized carbons (Fsp3) is 0.267. The molecule has 0 saturated carbocycles. The van der Waals surface area contributed by atoms with Crippen molar-refractivity contribution in [3.8, 4) is 11.6 Å². The topological polar surface area (TPSA) is 34.1 Å². The number of rotatable bonds is 5. The van der Waals surface area contributed by atoms with Gasteiger partial charge in [0.1, 0.15) is 0 Å². The molecule has 0 fully saturated rings. The molecule has 1 aromatic heterocycles. The van der Waals surface area contributed by atoms with Crippen LogP contribution >= 0.6 is 0 Å². The van der Waals surface area contributed by atoms with Gasteiger partial charge in [-0.15, -0.1) is 0 Å². The molecule has 3 nitrogen and oxygen atoms in total. The SMILES string of the molecule is CCNCc1ccc(Oc2cccc(C)c2F)nc1. The van der Waals surface area contributed by atoms with Crippen molar-refractivity contribution in [2.75, 3.05) is 6.54 Å².